The maximum Gasteiger partial charge on any atom is 0.257 e. The highest BCUT2D eigenvalue weighted by Crippen LogP contribution is 2.32. The lowest BCUT2D eigenvalue weighted by molar-refractivity contribution is 0.0731. The second-order valence-electron chi connectivity index (χ2n) is 6.45. The number of hydrogen-bond donors (Lipinski definition) is 1. The fraction of sp³-hybridized carbons (Fsp3) is 0.263. The molecule has 1 amide bonds. The van der Waals surface area contributed by atoms with Crippen LogP contribution in [0, 0.1) is 6.92 Å². The first kappa shape index (κ1) is 16.3. The lowest BCUT2D eigenvalue weighted by Gasteiger charge is -2.23. The van der Waals surface area contributed by atoms with E-state index in [0.717, 1.165) is 24.2 Å². The molecule has 4 rings (SSSR count). The minimum Gasteiger partial charge on any atom is -0.382 e. The fourth-order valence-electron chi connectivity index (χ4n) is 3.39. The zero-order valence-electron chi connectivity index (χ0n) is 14.5. The van der Waals surface area contributed by atoms with Crippen LogP contribution in [0.15, 0.2) is 48.7 Å². The molecule has 1 atom stereocenters. The Morgan fingerprint density at radius 3 is 2.69 bits per heavy atom. The van der Waals surface area contributed by atoms with Gasteiger partial charge in [0, 0.05) is 12.7 Å². The van der Waals surface area contributed by atoms with Crippen LogP contribution < -0.4 is 5.73 Å². The van der Waals surface area contributed by atoms with E-state index in [9.17, 15) is 4.79 Å². The third-order valence-corrected chi connectivity index (χ3v) is 4.71. The zero-order valence-corrected chi connectivity index (χ0v) is 14.5. The molecule has 26 heavy (non-hydrogen) atoms. The molecule has 132 valence electrons. The number of hydrogen-bond acceptors (Lipinski definition) is 5. The number of anilines is 1. The van der Waals surface area contributed by atoms with Gasteiger partial charge < -0.3 is 10.6 Å². The maximum absolute atomic E-state index is 13.2. The second kappa shape index (κ2) is 6.59. The van der Waals surface area contributed by atoms with Gasteiger partial charge in [-0.15, -0.1) is 5.10 Å². The van der Waals surface area contributed by atoms with E-state index in [2.05, 4.69) is 15.3 Å². The summed E-state index contributed by atoms with van der Waals surface area (Å²) in [6, 6.07) is 13.3. The van der Waals surface area contributed by atoms with Crippen LogP contribution in [0.1, 0.15) is 40.6 Å². The number of amides is 1. The molecule has 0 aliphatic carbocycles. The first-order chi connectivity index (χ1) is 12.6. The Labute approximate surface area is 151 Å². The maximum atomic E-state index is 13.2. The number of rotatable bonds is 3. The lowest BCUT2D eigenvalue weighted by Crippen LogP contribution is -2.31. The summed E-state index contributed by atoms with van der Waals surface area (Å²) in [7, 11) is 0. The molecule has 7 nitrogen and oxygen atoms in total. The van der Waals surface area contributed by atoms with Crippen molar-refractivity contribution in [3.8, 4) is 5.69 Å². The van der Waals surface area contributed by atoms with Crippen molar-refractivity contribution in [2.24, 2.45) is 0 Å². The van der Waals surface area contributed by atoms with Crippen molar-refractivity contribution in [1.82, 2.24) is 24.9 Å². The van der Waals surface area contributed by atoms with Gasteiger partial charge in [-0.2, -0.15) is 10.2 Å². The van der Waals surface area contributed by atoms with Gasteiger partial charge in [0.25, 0.3) is 5.91 Å². The van der Waals surface area contributed by atoms with Crippen molar-refractivity contribution in [3.05, 3.63) is 65.6 Å². The number of para-hydroxylation sites is 1. The van der Waals surface area contributed by atoms with Gasteiger partial charge in [0.15, 0.2) is 0 Å². The summed E-state index contributed by atoms with van der Waals surface area (Å²) in [6.45, 7) is 2.56. The smallest absolute Gasteiger partial charge is 0.257 e. The molecule has 1 aromatic carbocycles. The molecule has 0 bridgehead atoms. The topological polar surface area (TPSA) is 89.9 Å². The SMILES string of the molecule is Cc1nn(-c2ccccc2)cc1C(=O)N1CCCC1c1ccc(N)nn1. The molecule has 0 saturated carbocycles. The van der Waals surface area contributed by atoms with E-state index in [-0.39, 0.29) is 11.9 Å². The number of benzene rings is 1. The lowest BCUT2D eigenvalue weighted by atomic mass is 10.1. The van der Waals surface area contributed by atoms with Gasteiger partial charge in [-0.25, -0.2) is 4.68 Å². The number of carbonyl (C=O) groups excluding carboxylic acids is 1. The van der Waals surface area contributed by atoms with Gasteiger partial charge in [0.1, 0.15) is 5.82 Å². The molecule has 0 radical (unpaired) electrons. The third-order valence-electron chi connectivity index (χ3n) is 4.71. The Kier molecular flexibility index (Phi) is 4.12. The molecule has 0 spiro atoms. The molecule has 1 aliphatic heterocycles. The number of carbonyl (C=O) groups is 1. The van der Waals surface area contributed by atoms with Gasteiger partial charge in [0.2, 0.25) is 0 Å². The molecule has 1 aliphatic rings. The van der Waals surface area contributed by atoms with Gasteiger partial charge >= 0.3 is 0 Å². The summed E-state index contributed by atoms with van der Waals surface area (Å²) in [4.78, 5) is 15.0. The van der Waals surface area contributed by atoms with Crippen LogP contribution in [0.3, 0.4) is 0 Å². The number of likely N-dealkylation sites (tertiary alicyclic amines) is 1. The molecule has 2 aromatic heterocycles. The fourth-order valence-corrected chi connectivity index (χ4v) is 3.39. The van der Waals surface area contributed by atoms with Crippen molar-refractivity contribution in [2.75, 3.05) is 12.3 Å². The van der Waals surface area contributed by atoms with Crippen molar-refractivity contribution < 1.29 is 4.79 Å². The quantitative estimate of drug-likeness (QED) is 0.785. The number of nitrogens with zero attached hydrogens (tertiary/aromatic N) is 5. The van der Waals surface area contributed by atoms with Crippen LogP contribution in [0.4, 0.5) is 5.82 Å². The summed E-state index contributed by atoms with van der Waals surface area (Å²) in [5, 5.41) is 12.6. The van der Waals surface area contributed by atoms with Gasteiger partial charge in [-0.05, 0) is 44.0 Å². The predicted octanol–water partition coefficient (Wildman–Crippen LogP) is 2.53. The summed E-state index contributed by atoms with van der Waals surface area (Å²) >= 11 is 0. The Bertz CT molecular complexity index is 919. The molecule has 7 heteroatoms. The van der Waals surface area contributed by atoms with Gasteiger partial charge in [-0.3, -0.25) is 4.79 Å². The van der Waals surface area contributed by atoms with Crippen LogP contribution in [-0.4, -0.2) is 37.3 Å². The Morgan fingerprint density at radius 2 is 1.96 bits per heavy atom. The van der Waals surface area contributed by atoms with Crippen molar-refractivity contribution in [2.45, 2.75) is 25.8 Å². The standard InChI is InChI=1S/C19H20N6O/c1-13-15(12-25(23-13)14-6-3-2-4-7-14)19(26)24-11-5-8-17(24)16-9-10-18(20)22-21-16/h2-4,6-7,9-10,12,17H,5,8,11H2,1H3,(H2,20,22). The third kappa shape index (κ3) is 2.92. The molecular formula is C19H20N6O. The first-order valence-electron chi connectivity index (χ1n) is 8.65. The largest absolute Gasteiger partial charge is 0.382 e. The molecule has 1 unspecified atom stereocenters. The molecule has 2 N–H and O–H groups in total. The first-order valence-corrected chi connectivity index (χ1v) is 8.65. The van der Waals surface area contributed by atoms with Crippen LogP contribution in [0.2, 0.25) is 0 Å². The minimum atomic E-state index is -0.0740. The zero-order chi connectivity index (χ0) is 18.1. The van der Waals surface area contributed by atoms with Crippen LogP contribution in [0.25, 0.3) is 5.69 Å². The molecule has 1 saturated heterocycles. The molecular weight excluding hydrogens is 328 g/mol. The van der Waals surface area contributed by atoms with E-state index in [4.69, 9.17) is 5.73 Å². The van der Waals surface area contributed by atoms with E-state index in [0.29, 0.717) is 23.6 Å². The van der Waals surface area contributed by atoms with E-state index < -0.39 is 0 Å². The van der Waals surface area contributed by atoms with Gasteiger partial charge in [0.05, 0.1) is 28.7 Å². The van der Waals surface area contributed by atoms with E-state index in [1.807, 2.05) is 48.2 Å². The highest BCUT2D eigenvalue weighted by Gasteiger charge is 2.33. The number of nitrogen functional groups attached to an aromatic ring is 1. The highest BCUT2D eigenvalue weighted by molar-refractivity contribution is 5.95. The Balaban J connectivity index is 1.63. The summed E-state index contributed by atoms with van der Waals surface area (Å²) < 4.78 is 1.75. The molecule has 3 heterocycles. The monoisotopic (exact) mass is 348 g/mol. The predicted molar refractivity (Wildman–Crippen MR) is 97.8 cm³/mol. The van der Waals surface area contributed by atoms with E-state index in [1.165, 1.54) is 0 Å². The van der Waals surface area contributed by atoms with E-state index >= 15 is 0 Å². The molecule has 1 fully saturated rings. The summed E-state index contributed by atoms with van der Waals surface area (Å²) in [6.07, 6.45) is 3.61. The summed E-state index contributed by atoms with van der Waals surface area (Å²) in [5.74, 6) is 0.357. The highest BCUT2D eigenvalue weighted by atomic mass is 16.2. The van der Waals surface area contributed by atoms with Crippen molar-refractivity contribution in [3.63, 3.8) is 0 Å². The Morgan fingerprint density at radius 1 is 1.15 bits per heavy atom. The van der Waals surface area contributed by atoms with E-state index in [1.54, 1.807) is 16.9 Å². The second-order valence-corrected chi connectivity index (χ2v) is 6.45. The summed E-state index contributed by atoms with van der Waals surface area (Å²) in [5.41, 5.74) is 8.66. The van der Waals surface area contributed by atoms with Crippen LogP contribution >= 0.6 is 0 Å². The average molecular weight is 348 g/mol. The van der Waals surface area contributed by atoms with Crippen molar-refractivity contribution >= 4 is 11.7 Å². The number of nitrogens with two attached hydrogens (primary N) is 1. The number of aromatic nitrogens is 4. The Hall–Kier alpha value is -3.22. The minimum absolute atomic E-state index is 0.0224. The average Bonchev–Trinajstić information content (AvgIpc) is 3.29. The van der Waals surface area contributed by atoms with Crippen molar-refractivity contribution in [1.29, 1.82) is 0 Å². The van der Waals surface area contributed by atoms with Crippen LogP contribution in [-0.2, 0) is 0 Å². The van der Waals surface area contributed by atoms with Crippen LogP contribution in [0.5, 0.6) is 0 Å². The molecule has 3 aromatic rings. The number of aryl methyl sites for hydroxylation is 1. The normalized spacial score (nSPS) is 16.8. The van der Waals surface area contributed by atoms with Gasteiger partial charge in [-0.1, -0.05) is 18.2 Å².